The van der Waals surface area contributed by atoms with Crippen molar-refractivity contribution < 1.29 is 9.59 Å². The molecule has 2 saturated heterocycles. The van der Waals surface area contributed by atoms with Crippen LogP contribution in [0.15, 0.2) is 30.3 Å². The summed E-state index contributed by atoms with van der Waals surface area (Å²) in [5, 5.41) is 3.50. The van der Waals surface area contributed by atoms with Gasteiger partial charge in [0.2, 0.25) is 0 Å². The zero-order valence-corrected chi connectivity index (χ0v) is 14.8. The van der Waals surface area contributed by atoms with Gasteiger partial charge in [0.1, 0.15) is 0 Å². The Balaban J connectivity index is 1.60. The van der Waals surface area contributed by atoms with Crippen LogP contribution in [0.5, 0.6) is 0 Å². The number of nitrogens with zero attached hydrogens (tertiary/aromatic N) is 3. The van der Waals surface area contributed by atoms with Crippen LogP contribution in [0.1, 0.15) is 56.6 Å². The topological polar surface area (TPSA) is 43.9 Å². The van der Waals surface area contributed by atoms with Crippen LogP contribution >= 0.6 is 0 Å². The highest BCUT2D eigenvalue weighted by atomic mass is 16.2. The molecule has 25 heavy (non-hydrogen) atoms. The molecule has 5 heteroatoms. The van der Waals surface area contributed by atoms with Gasteiger partial charge in [0.25, 0.3) is 11.8 Å². The maximum Gasteiger partial charge on any atom is 0.255 e. The van der Waals surface area contributed by atoms with Crippen LogP contribution in [-0.2, 0) is 9.59 Å². The molecule has 5 nitrogen and oxygen atoms in total. The number of fused-ring (bicyclic) bond motifs is 1. The first-order chi connectivity index (χ1) is 12.2. The Morgan fingerprint density at radius 1 is 0.800 bits per heavy atom. The Hall–Kier alpha value is -1.88. The number of rotatable bonds is 2. The minimum absolute atomic E-state index is 0.0160. The zero-order valence-electron chi connectivity index (χ0n) is 14.8. The van der Waals surface area contributed by atoms with Crippen molar-refractivity contribution in [1.82, 2.24) is 14.9 Å². The van der Waals surface area contributed by atoms with Gasteiger partial charge < -0.3 is 0 Å². The van der Waals surface area contributed by atoms with Gasteiger partial charge in [-0.25, -0.2) is 10.0 Å². The molecular formula is C20H27N3O2. The molecule has 0 bridgehead atoms. The third-order valence-electron chi connectivity index (χ3n) is 5.90. The number of carbonyl (C=O) groups excluding carboxylic acids is 2. The van der Waals surface area contributed by atoms with Gasteiger partial charge in [-0.05, 0) is 31.2 Å². The van der Waals surface area contributed by atoms with E-state index in [1.54, 1.807) is 10.0 Å². The zero-order chi connectivity index (χ0) is 17.2. The quantitative estimate of drug-likeness (QED) is 0.831. The van der Waals surface area contributed by atoms with Crippen molar-refractivity contribution in [3.63, 3.8) is 0 Å². The molecule has 4 rings (SSSR count). The van der Waals surface area contributed by atoms with Gasteiger partial charge in [0.05, 0.1) is 19.1 Å². The molecule has 0 spiro atoms. The van der Waals surface area contributed by atoms with E-state index < -0.39 is 0 Å². The first kappa shape index (κ1) is 16.6. The maximum atomic E-state index is 13.1. The van der Waals surface area contributed by atoms with Crippen LogP contribution in [0.3, 0.4) is 0 Å². The standard InChI is InChI=1S/C20H27N3O2/c24-19-14-21(17-10-5-2-6-11-17)15-20(25)23-18(12-7-13-22(19)23)16-8-3-1-4-9-16/h1,3-4,8-9,17-18H,2,5-7,10-15H2/t18-/m1/s1. The smallest absolute Gasteiger partial charge is 0.255 e. The molecule has 2 aliphatic heterocycles. The Labute approximate surface area is 149 Å². The van der Waals surface area contributed by atoms with Crippen molar-refractivity contribution in [2.75, 3.05) is 19.6 Å². The summed E-state index contributed by atoms with van der Waals surface area (Å²) in [7, 11) is 0. The van der Waals surface area contributed by atoms with Gasteiger partial charge in [-0.3, -0.25) is 14.5 Å². The molecule has 3 aliphatic rings. The molecule has 2 amide bonds. The van der Waals surface area contributed by atoms with Crippen LogP contribution in [-0.4, -0.2) is 52.4 Å². The number of benzene rings is 1. The maximum absolute atomic E-state index is 13.1. The van der Waals surface area contributed by atoms with Crippen LogP contribution in [0.25, 0.3) is 0 Å². The van der Waals surface area contributed by atoms with E-state index in [2.05, 4.69) is 17.0 Å². The summed E-state index contributed by atoms with van der Waals surface area (Å²) in [6.45, 7) is 1.41. The van der Waals surface area contributed by atoms with E-state index in [-0.39, 0.29) is 17.9 Å². The second-order valence-electron chi connectivity index (χ2n) is 7.52. The fourth-order valence-corrected chi connectivity index (χ4v) is 4.63. The summed E-state index contributed by atoms with van der Waals surface area (Å²) in [6, 6.07) is 10.5. The molecule has 1 aromatic carbocycles. The van der Waals surface area contributed by atoms with Crippen LogP contribution in [0.2, 0.25) is 0 Å². The Bertz CT molecular complexity index is 627. The van der Waals surface area contributed by atoms with Crippen LogP contribution in [0.4, 0.5) is 0 Å². The molecule has 1 atom stereocenters. The number of carbonyl (C=O) groups is 2. The van der Waals surface area contributed by atoms with E-state index in [1.165, 1.54) is 19.3 Å². The highest BCUT2D eigenvalue weighted by molar-refractivity contribution is 5.87. The Morgan fingerprint density at radius 2 is 1.52 bits per heavy atom. The highest BCUT2D eigenvalue weighted by Gasteiger charge is 2.41. The van der Waals surface area contributed by atoms with Crippen molar-refractivity contribution in [2.45, 2.75) is 57.0 Å². The lowest BCUT2D eigenvalue weighted by molar-refractivity contribution is -0.171. The number of hydrogen-bond acceptors (Lipinski definition) is 3. The summed E-state index contributed by atoms with van der Waals surface area (Å²) in [5.74, 6) is 0.155. The average molecular weight is 341 g/mol. The predicted molar refractivity (Wildman–Crippen MR) is 95.4 cm³/mol. The molecular weight excluding hydrogens is 314 g/mol. The molecule has 2 heterocycles. The van der Waals surface area contributed by atoms with E-state index in [4.69, 9.17) is 0 Å². The Kier molecular flexibility index (Phi) is 4.75. The first-order valence-corrected chi connectivity index (χ1v) is 9.65. The Morgan fingerprint density at radius 3 is 2.28 bits per heavy atom. The molecule has 0 radical (unpaired) electrons. The normalized spacial score (nSPS) is 26.5. The number of hydrogen-bond donors (Lipinski definition) is 0. The molecule has 0 N–H and O–H groups in total. The molecule has 0 aromatic heterocycles. The van der Waals surface area contributed by atoms with Crippen molar-refractivity contribution >= 4 is 11.8 Å². The largest absolute Gasteiger partial charge is 0.282 e. The number of amides is 2. The van der Waals surface area contributed by atoms with Crippen molar-refractivity contribution in [1.29, 1.82) is 0 Å². The van der Waals surface area contributed by atoms with Gasteiger partial charge in [0.15, 0.2) is 0 Å². The van der Waals surface area contributed by atoms with Crippen LogP contribution in [0, 0.1) is 0 Å². The van der Waals surface area contributed by atoms with E-state index in [1.807, 2.05) is 18.2 Å². The summed E-state index contributed by atoms with van der Waals surface area (Å²) < 4.78 is 0. The van der Waals surface area contributed by atoms with E-state index >= 15 is 0 Å². The monoisotopic (exact) mass is 341 g/mol. The molecule has 134 valence electrons. The highest BCUT2D eigenvalue weighted by Crippen LogP contribution is 2.34. The third-order valence-corrected chi connectivity index (χ3v) is 5.90. The molecule has 1 aliphatic carbocycles. The lowest BCUT2D eigenvalue weighted by Crippen LogP contribution is -2.54. The van der Waals surface area contributed by atoms with E-state index in [9.17, 15) is 9.59 Å². The van der Waals surface area contributed by atoms with E-state index in [0.717, 1.165) is 31.2 Å². The van der Waals surface area contributed by atoms with Gasteiger partial charge in [-0.15, -0.1) is 0 Å². The summed E-state index contributed by atoms with van der Waals surface area (Å²) in [4.78, 5) is 28.2. The predicted octanol–water partition coefficient (Wildman–Crippen LogP) is 2.74. The average Bonchev–Trinajstić information content (AvgIpc) is 2.80. The molecule has 1 saturated carbocycles. The SMILES string of the molecule is O=C1CN(C2CCCCC2)CC(=O)N2[C@@H](c3ccccc3)CCCN12. The van der Waals surface area contributed by atoms with E-state index in [0.29, 0.717) is 25.7 Å². The first-order valence-electron chi connectivity index (χ1n) is 9.65. The van der Waals surface area contributed by atoms with Gasteiger partial charge in [-0.1, -0.05) is 49.6 Å². The fourth-order valence-electron chi connectivity index (χ4n) is 4.63. The fraction of sp³-hybridized carbons (Fsp3) is 0.600. The summed E-state index contributed by atoms with van der Waals surface area (Å²) in [5.41, 5.74) is 1.12. The summed E-state index contributed by atoms with van der Waals surface area (Å²) in [6.07, 6.45) is 7.79. The summed E-state index contributed by atoms with van der Waals surface area (Å²) >= 11 is 0. The molecule has 0 unspecified atom stereocenters. The second-order valence-corrected chi connectivity index (χ2v) is 7.52. The molecule has 3 fully saturated rings. The lowest BCUT2D eigenvalue weighted by atomic mass is 9.94. The van der Waals surface area contributed by atoms with Gasteiger partial charge >= 0.3 is 0 Å². The third kappa shape index (κ3) is 3.30. The number of hydrazine groups is 1. The minimum Gasteiger partial charge on any atom is -0.282 e. The van der Waals surface area contributed by atoms with Crippen molar-refractivity contribution in [3.05, 3.63) is 35.9 Å². The molecule has 1 aromatic rings. The van der Waals surface area contributed by atoms with Crippen molar-refractivity contribution in [3.8, 4) is 0 Å². The second kappa shape index (κ2) is 7.16. The van der Waals surface area contributed by atoms with Crippen molar-refractivity contribution in [2.24, 2.45) is 0 Å². The van der Waals surface area contributed by atoms with Gasteiger partial charge in [0, 0.05) is 12.6 Å². The van der Waals surface area contributed by atoms with Gasteiger partial charge in [-0.2, -0.15) is 0 Å². The van der Waals surface area contributed by atoms with Crippen LogP contribution < -0.4 is 0 Å². The lowest BCUT2D eigenvalue weighted by Gasteiger charge is -2.43. The minimum atomic E-state index is -0.0160.